The molecule has 0 fully saturated rings. The molecule has 25 heavy (non-hydrogen) atoms. The van der Waals surface area contributed by atoms with Crippen molar-refractivity contribution < 1.29 is 18.0 Å². The van der Waals surface area contributed by atoms with Crippen LogP contribution in [0.5, 0.6) is 0 Å². The van der Waals surface area contributed by atoms with E-state index in [0.29, 0.717) is 10.8 Å². The van der Waals surface area contributed by atoms with Crippen LogP contribution in [0, 0.1) is 20.8 Å². The third-order valence-electron chi connectivity index (χ3n) is 3.20. The maximum atomic E-state index is 12.4. The van der Waals surface area contributed by atoms with Crippen LogP contribution < -0.4 is 16.2 Å². The highest BCUT2D eigenvalue weighted by Gasteiger charge is 2.24. The van der Waals surface area contributed by atoms with Crippen molar-refractivity contribution in [2.24, 2.45) is 10.9 Å². The zero-order valence-electron chi connectivity index (χ0n) is 13.7. The number of amides is 2. The Balaban J connectivity index is 2.24. The standard InChI is InChI=1S/C13H17N5O4S3/c1-5-9(16-6(2)10(5)25(15,21)22)11(20)18-13-17-7(3)12(24-13)23-4-8(14)19/h16H,4H2,1-3H3,(H2,14,19)(H2,15,21,22)(H,17,18,20). The average molecular weight is 404 g/mol. The molecule has 2 amide bonds. The van der Waals surface area contributed by atoms with Crippen molar-refractivity contribution in [1.82, 2.24) is 9.97 Å². The first-order valence-electron chi connectivity index (χ1n) is 6.92. The molecule has 2 heterocycles. The van der Waals surface area contributed by atoms with Crippen molar-refractivity contribution in [3.05, 3.63) is 22.6 Å². The van der Waals surface area contributed by atoms with Gasteiger partial charge >= 0.3 is 0 Å². The number of nitrogens with zero attached hydrogens (tertiary/aromatic N) is 1. The first-order valence-corrected chi connectivity index (χ1v) is 10.3. The van der Waals surface area contributed by atoms with Crippen LogP contribution in [0.15, 0.2) is 9.10 Å². The molecule has 12 heteroatoms. The molecule has 0 spiro atoms. The Kier molecular flexibility index (Phi) is 5.56. The number of hydrogen-bond donors (Lipinski definition) is 4. The third-order valence-corrected chi connectivity index (χ3v) is 6.84. The van der Waals surface area contributed by atoms with E-state index >= 15 is 0 Å². The third kappa shape index (κ3) is 4.39. The number of aromatic amines is 1. The van der Waals surface area contributed by atoms with Gasteiger partial charge in [-0.3, -0.25) is 14.9 Å². The van der Waals surface area contributed by atoms with Gasteiger partial charge in [-0.1, -0.05) is 11.3 Å². The van der Waals surface area contributed by atoms with Gasteiger partial charge in [0.25, 0.3) is 5.91 Å². The molecule has 0 radical (unpaired) electrons. The second-order valence-electron chi connectivity index (χ2n) is 5.23. The number of aryl methyl sites for hydroxylation is 2. The van der Waals surface area contributed by atoms with Crippen LogP contribution in [-0.4, -0.2) is 36.0 Å². The second kappa shape index (κ2) is 7.15. The summed E-state index contributed by atoms with van der Waals surface area (Å²) in [7, 11) is -3.94. The zero-order chi connectivity index (χ0) is 18.9. The number of rotatable bonds is 6. The fourth-order valence-electron chi connectivity index (χ4n) is 2.25. The van der Waals surface area contributed by atoms with Gasteiger partial charge in [-0.2, -0.15) is 0 Å². The number of thioether (sulfide) groups is 1. The summed E-state index contributed by atoms with van der Waals surface area (Å²) < 4.78 is 24.0. The summed E-state index contributed by atoms with van der Waals surface area (Å²) in [6.45, 7) is 4.77. The van der Waals surface area contributed by atoms with E-state index in [1.54, 1.807) is 6.92 Å². The molecule has 0 aliphatic rings. The average Bonchev–Trinajstić information content (AvgIpc) is 2.95. The van der Waals surface area contributed by atoms with Gasteiger partial charge in [0, 0.05) is 5.69 Å². The maximum Gasteiger partial charge on any atom is 0.274 e. The van der Waals surface area contributed by atoms with Gasteiger partial charge in [-0.05, 0) is 26.3 Å². The van der Waals surface area contributed by atoms with E-state index in [2.05, 4.69) is 15.3 Å². The monoisotopic (exact) mass is 403 g/mol. The van der Waals surface area contributed by atoms with E-state index in [1.165, 1.54) is 36.9 Å². The quantitative estimate of drug-likeness (QED) is 0.523. The Labute approximate surface area is 152 Å². The van der Waals surface area contributed by atoms with Crippen LogP contribution in [-0.2, 0) is 14.8 Å². The predicted molar refractivity (Wildman–Crippen MR) is 96.4 cm³/mol. The van der Waals surface area contributed by atoms with E-state index in [1.807, 2.05) is 0 Å². The lowest BCUT2D eigenvalue weighted by Gasteiger charge is -2.01. The smallest absolute Gasteiger partial charge is 0.274 e. The molecule has 0 bridgehead atoms. The molecule has 136 valence electrons. The molecule has 6 N–H and O–H groups in total. The SMILES string of the molecule is Cc1nc(NC(=O)c2[nH]c(C)c(S(N)(=O)=O)c2C)sc1SCC(N)=O. The van der Waals surface area contributed by atoms with Crippen LogP contribution in [0.3, 0.4) is 0 Å². The molecule has 0 atom stereocenters. The lowest BCUT2D eigenvalue weighted by Crippen LogP contribution is -2.15. The van der Waals surface area contributed by atoms with Crippen molar-refractivity contribution in [3.8, 4) is 0 Å². The number of nitrogens with one attached hydrogen (secondary N) is 2. The summed E-state index contributed by atoms with van der Waals surface area (Å²) >= 11 is 2.44. The van der Waals surface area contributed by atoms with Crippen LogP contribution in [0.2, 0.25) is 0 Å². The first kappa shape index (κ1) is 19.4. The Hall–Kier alpha value is -1.89. The van der Waals surface area contributed by atoms with Gasteiger partial charge in [0.1, 0.15) is 10.6 Å². The first-order chi connectivity index (χ1) is 11.5. The van der Waals surface area contributed by atoms with E-state index in [0.717, 1.165) is 4.21 Å². The van der Waals surface area contributed by atoms with Crippen LogP contribution >= 0.6 is 23.1 Å². The van der Waals surface area contributed by atoms with Crippen molar-refractivity contribution in [2.45, 2.75) is 29.9 Å². The number of anilines is 1. The number of aromatic nitrogens is 2. The van der Waals surface area contributed by atoms with Gasteiger partial charge in [-0.15, -0.1) is 11.8 Å². The molecule has 0 aliphatic carbocycles. The molecular formula is C13H17N5O4S3. The van der Waals surface area contributed by atoms with Crippen molar-refractivity contribution in [2.75, 3.05) is 11.1 Å². The molecule has 2 aromatic heterocycles. The molecule has 2 rings (SSSR count). The van der Waals surface area contributed by atoms with Crippen molar-refractivity contribution in [1.29, 1.82) is 0 Å². The van der Waals surface area contributed by atoms with Gasteiger partial charge in [0.15, 0.2) is 5.13 Å². The number of thiazole rings is 1. The number of hydrogen-bond acceptors (Lipinski definition) is 7. The summed E-state index contributed by atoms with van der Waals surface area (Å²) in [6, 6.07) is 0. The Bertz CT molecular complexity index is 945. The minimum absolute atomic E-state index is 0.0920. The Morgan fingerprint density at radius 2 is 1.96 bits per heavy atom. The molecule has 0 saturated carbocycles. The summed E-state index contributed by atoms with van der Waals surface area (Å²) in [5, 5.41) is 8.12. The van der Waals surface area contributed by atoms with Crippen LogP contribution in [0.1, 0.15) is 27.4 Å². The van der Waals surface area contributed by atoms with Gasteiger partial charge in [0.2, 0.25) is 15.9 Å². The second-order valence-corrected chi connectivity index (χ2v) is 8.97. The molecular weight excluding hydrogens is 386 g/mol. The summed E-state index contributed by atoms with van der Waals surface area (Å²) in [4.78, 5) is 30.1. The van der Waals surface area contributed by atoms with E-state index < -0.39 is 21.8 Å². The highest BCUT2D eigenvalue weighted by Crippen LogP contribution is 2.32. The fraction of sp³-hybridized carbons (Fsp3) is 0.308. The molecule has 2 aromatic rings. The summed E-state index contributed by atoms with van der Waals surface area (Å²) in [5.74, 6) is -0.865. The van der Waals surface area contributed by atoms with E-state index in [-0.39, 0.29) is 27.6 Å². The summed E-state index contributed by atoms with van der Waals surface area (Å²) in [6.07, 6.45) is 0. The van der Waals surface area contributed by atoms with Crippen molar-refractivity contribution >= 4 is 50.1 Å². The number of sulfonamides is 1. The van der Waals surface area contributed by atoms with Gasteiger partial charge in [0.05, 0.1) is 15.7 Å². The number of primary amides is 1. The predicted octanol–water partition coefficient (Wildman–Crippen LogP) is 0.874. The van der Waals surface area contributed by atoms with Crippen LogP contribution in [0.4, 0.5) is 5.13 Å². The highest BCUT2D eigenvalue weighted by molar-refractivity contribution is 8.01. The molecule has 0 saturated heterocycles. The minimum Gasteiger partial charge on any atom is -0.369 e. The lowest BCUT2D eigenvalue weighted by atomic mass is 10.2. The molecule has 0 aliphatic heterocycles. The zero-order valence-corrected chi connectivity index (χ0v) is 16.1. The largest absolute Gasteiger partial charge is 0.369 e. The topological polar surface area (TPSA) is 161 Å². The number of primary sulfonamides is 1. The maximum absolute atomic E-state index is 12.4. The minimum atomic E-state index is -3.94. The van der Waals surface area contributed by atoms with Crippen LogP contribution in [0.25, 0.3) is 0 Å². The van der Waals surface area contributed by atoms with Gasteiger partial charge < -0.3 is 10.7 Å². The highest BCUT2D eigenvalue weighted by atomic mass is 32.2. The van der Waals surface area contributed by atoms with E-state index in [4.69, 9.17) is 10.9 Å². The fourth-order valence-corrected chi connectivity index (χ4v) is 5.13. The summed E-state index contributed by atoms with van der Waals surface area (Å²) in [5.41, 5.74) is 6.41. The molecule has 0 aromatic carbocycles. The molecule has 9 nitrogen and oxygen atoms in total. The van der Waals surface area contributed by atoms with Crippen molar-refractivity contribution in [3.63, 3.8) is 0 Å². The van der Waals surface area contributed by atoms with E-state index in [9.17, 15) is 18.0 Å². The molecule has 0 unspecified atom stereocenters. The number of H-pyrrole nitrogens is 1. The number of carbonyl (C=O) groups is 2. The normalized spacial score (nSPS) is 11.5. The number of nitrogens with two attached hydrogens (primary N) is 2. The lowest BCUT2D eigenvalue weighted by molar-refractivity contribution is -0.115. The van der Waals surface area contributed by atoms with Gasteiger partial charge in [-0.25, -0.2) is 18.5 Å². The number of carbonyl (C=O) groups excluding carboxylic acids is 2. The Morgan fingerprint density at radius 3 is 2.48 bits per heavy atom. The Morgan fingerprint density at radius 1 is 1.32 bits per heavy atom.